The van der Waals surface area contributed by atoms with Gasteiger partial charge < -0.3 is 10.2 Å². The van der Waals surface area contributed by atoms with Crippen LogP contribution in [0.2, 0.25) is 0 Å². The first-order valence-electron chi connectivity index (χ1n) is 7.74. The summed E-state index contributed by atoms with van der Waals surface area (Å²) in [6.45, 7) is 4.15. The number of nitrogens with zero attached hydrogens (tertiary/aromatic N) is 3. The summed E-state index contributed by atoms with van der Waals surface area (Å²) in [5.74, 6) is -0.539. The van der Waals surface area contributed by atoms with Gasteiger partial charge in [0.05, 0.1) is 23.0 Å². The van der Waals surface area contributed by atoms with Crippen molar-refractivity contribution >= 4 is 39.1 Å². The Hall–Kier alpha value is -2.15. The standard InChI is InChI=1S/C17H19BrN4O2/c1-10-16(11(2)21(3)20-10)19-17(24)12-7-15(23)22(9-12)14-6-4-5-13(18)8-14/h4-6,8,12H,7,9H2,1-3H3,(H,19,24)/t12-/m0/s1. The number of hydrogen-bond acceptors (Lipinski definition) is 3. The highest BCUT2D eigenvalue weighted by Crippen LogP contribution is 2.28. The third-order valence-corrected chi connectivity index (χ3v) is 4.87. The second-order valence-electron chi connectivity index (χ2n) is 6.04. The summed E-state index contributed by atoms with van der Waals surface area (Å²) >= 11 is 3.41. The van der Waals surface area contributed by atoms with Crippen molar-refractivity contribution in [1.82, 2.24) is 9.78 Å². The maximum absolute atomic E-state index is 12.6. The van der Waals surface area contributed by atoms with Gasteiger partial charge in [-0.15, -0.1) is 0 Å². The van der Waals surface area contributed by atoms with Gasteiger partial charge >= 0.3 is 0 Å². The molecule has 1 fully saturated rings. The number of rotatable bonds is 3. The van der Waals surface area contributed by atoms with Gasteiger partial charge in [-0.2, -0.15) is 5.10 Å². The number of halogens is 1. The first-order chi connectivity index (χ1) is 11.4. The minimum atomic E-state index is -0.365. The number of benzene rings is 1. The second-order valence-corrected chi connectivity index (χ2v) is 6.96. The van der Waals surface area contributed by atoms with Gasteiger partial charge in [0.2, 0.25) is 11.8 Å². The van der Waals surface area contributed by atoms with Crippen molar-refractivity contribution in [1.29, 1.82) is 0 Å². The lowest BCUT2D eigenvalue weighted by molar-refractivity contribution is -0.122. The lowest BCUT2D eigenvalue weighted by Crippen LogP contribution is -2.28. The highest BCUT2D eigenvalue weighted by molar-refractivity contribution is 9.10. The van der Waals surface area contributed by atoms with Crippen molar-refractivity contribution in [3.8, 4) is 0 Å². The van der Waals surface area contributed by atoms with Crippen molar-refractivity contribution in [2.24, 2.45) is 13.0 Å². The summed E-state index contributed by atoms with van der Waals surface area (Å²) in [4.78, 5) is 26.6. The summed E-state index contributed by atoms with van der Waals surface area (Å²) < 4.78 is 2.64. The average Bonchev–Trinajstić information content (AvgIpc) is 3.03. The molecular formula is C17H19BrN4O2. The molecule has 1 atom stereocenters. The molecule has 1 aliphatic heterocycles. The molecule has 2 aromatic rings. The molecule has 126 valence electrons. The minimum absolute atomic E-state index is 0.0344. The summed E-state index contributed by atoms with van der Waals surface area (Å²) in [5, 5.41) is 7.23. The number of anilines is 2. The van der Waals surface area contributed by atoms with Crippen molar-refractivity contribution in [3.63, 3.8) is 0 Å². The Morgan fingerprint density at radius 2 is 2.12 bits per heavy atom. The minimum Gasteiger partial charge on any atom is -0.323 e. The third kappa shape index (κ3) is 3.08. The molecule has 2 amide bonds. The van der Waals surface area contributed by atoms with Crippen LogP contribution < -0.4 is 10.2 Å². The van der Waals surface area contributed by atoms with E-state index in [1.165, 1.54) is 0 Å². The normalized spacial score (nSPS) is 17.4. The molecule has 6 nitrogen and oxygen atoms in total. The highest BCUT2D eigenvalue weighted by atomic mass is 79.9. The zero-order valence-electron chi connectivity index (χ0n) is 13.8. The number of nitrogens with one attached hydrogen (secondary N) is 1. The maximum atomic E-state index is 12.6. The lowest BCUT2D eigenvalue weighted by atomic mass is 10.1. The monoisotopic (exact) mass is 390 g/mol. The van der Waals surface area contributed by atoms with E-state index in [0.29, 0.717) is 6.54 Å². The number of aromatic nitrogens is 2. The Kier molecular flexibility index (Phi) is 4.45. The SMILES string of the molecule is Cc1nn(C)c(C)c1NC(=O)[C@H]1CC(=O)N(c2cccc(Br)c2)C1. The van der Waals surface area contributed by atoms with E-state index in [2.05, 4.69) is 26.3 Å². The molecule has 0 unspecified atom stereocenters. The molecule has 1 saturated heterocycles. The molecule has 3 rings (SSSR count). The predicted octanol–water partition coefficient (Wildman–Crippen LogP) is 2.79. The van der Waals surface area contributed by atoms with E-state index in [0.717, 1.165) is 27.2 Å². The van der Waals surface area contributed by atoms with Crippen molar-refractivity contribution in [2.75, 3.05) is 16.8 Å². The van der Waals surface area contributed by atoms with E-state index >= 15 is 0 Å². The van der Waals surface area contributed by atoms with Crippen LogP contribution in [0.15, 0.2) is 28.7 Å². The van der Waals surface area contributed by atoms with E-state index < -0.39 is 0 Å². The Morgan fingerprint density at radius 3 is 2.75 bits per heavy atom. The number of carbonyl (C=O) groups is 2. The molecule has 1 aliphatic rings. The van der Waals surface area contributed by atoms with Crippen LogP contribution in [-0.2, 0) is 16.6 Å². The van der Waals surface area contributed by atoms with Gasteiger partial charge in [-0.3, -0.25) is 14.3 Å². The van der Waals surface area contributed by atoms with Crippen LogP contribution in [0, 0.1) is 19.8 Å². The Bertz CT molecular complexity index is 815. The van der Waals surface area contributed by atoms with Gasteiger partial charge in [-0.1, -0.05) is 22.0 Å². The van der Waals surface area contributed by atoms with E-state index in [1.807, 2.05) is 45.2 Å². The van der Waals surface area contributed by atoms with Gasteiger partial charge in [-0.05, 0) is 32.0 Å². The van der Waals surface area contributed by atoms with Gasteiger partial charge in [0.25, 0.3) is 0 Å². The molecule has 0 aliphatic carbocycles. The van der Waals surface area contributed by atoms with Gasteiger partial charge in [0.15, 0.2) is 0 Å². The van der Waals surface area contributed by atoms with E-state index in [9.17, 15) is 9.59 Å². The molecule has 1 aromatic carbocycles. The van der Waals surface area contributed by atoms with Crippen LogP contribution >= 0.6 is 15.9 Å². The summed E-state index contributed by atoms with van der Waals surface area (Å²) in [6.07, 6.45) is 0.219. The molecule has 2 heterocycles. The zero-order chi connectivity index (χ0) is 17.4. The van der Waals surface area contributed by atoms with Gasteiger partial charge in [0.1, 0.15) is 0 Å². The van der Waals surface area contributed by atoms with Gasteiger partial charge in [-0.25, -0.2) is 0 Å². The molecule has 24 heavy (non-hydrogen) atoms. The van der Waals surface area contributed by atoms with Crippen molar-refractivity contribution in [3.05, 3.63) is 40.1 Å². The quantitative estimate of drug-likeness (QED) is 0.875. The fourth-order valence-electron chi connectivity index (χ4n) is 2.96. The smallest absolute Gasteiger partial charge is 0.229 e. The number of hydrogen-bond donors (Lipinski definition) is 1. The number of aryl methyl sites for hydroxylation is 2. The van der Waals surface area contributed by atoms with Gasteiger partial charge in [0, 0.05) is 30.2 Å². The molecule has 7 heteroatoms. The lowest BCUT2D eigenvalue weighted by Gasteiger charge is -2.17. The molecule has 1 N–H and O–H groups in total. The Labute approximate surface area is 149 Å². The molecular weight excluding hydrogens is 372 g/mol. The van der Waals surface area contributed by atoms with Crippen LogP contribution in [0.1, 0.15) is 17.8 Å². The highest BCUT2D eigenvalue weighted by Gasteiger charge is 2.35. The fourth-order valence-corrected chi connectivity index (χ4v) is 3.34. The molecule has 0 bridgehead atoms. The molecule has 0 radical (unpaired) electrons. The number of carbonyl (C=O) groups excluding carboxylic acids is 2. The molecule has 0 saturated carbocycles. The molecule has 1 aromatic heterocycles. The van der Waals surface area contributed by atoms with Crippen LogP contribution in [0.25, 0.3) is 0 Å². The summed E-state index contributed by atoms with van der Waals surface area (Å²) in [7, 11) is 1.84. The molecule has 0 spiro atoms. The fraction of sp³-hybridized carbons (Fsp3) is 0.353. The van der Waals surface area contributed by atoms with Crippen molar-refractivity contribution < 1.29 is 9.59 Å². The predicted molar refractivity (Wildman–Crippen MR) is 95.9 cm³/mol. The second kappa shape index (κ2) is 6.39. The number of amides is 2. The van der Waals surface area contributed by atoms with E-state index in [-0.39, 0.29) is 24.2 Å². The van der Waals surface area contributed by atoms with Crippen LogP contribution in [0.3, 0.4) is 0 Å². The Morgan fingerprint density at radius 1 is 1.38 bits per heavy atom. The van der Waals surface area contributed by atoms with E-state index in [4.69, 9.17) is 0 Å². The van der Waals surface area contributed by atoms with Crippen LogP contribution in [0.4, 0.5) is 11.4 Å². The summed E-state index contributed by atoms with van der Waals surface area (Å²) in [6, 6.07) is 7.54. The summed E-state index contributed by atoms with van der Waals surface area (Å²) in [5.41, 5.74) is 3.21. The maximum Gasteiger partial charge on any atom is 0.229 e. The van der Waals surface area contributed by atoms with Crippen molar-refractivity contribution in [2.45, 2.75) is 20.3 Å². The zero-order valence-corrected chi connectivity index (χ0v) is 15.4. The van der Waals surface area contributed by atoms with Crippen LogP contribution in [-0.4, -0.2) is 28.1 Å². The Balaban J connectivity index is 1.74. The first-order valence-corrected chi connectivity index (χ1v) is 8.53. The van der Waals surface area contributed by atoms with E-state index in [1.54, 1.807) is 9.58 Å². The third-order valence-electron chi connectivity index (χ3n) is 4.37. The largest absolute Gasteiger partial charge is 0.323 e. The topological polar surface area (TPSA) is 67.2 Å². The first kappa shape index (κ1) is 16.7. The van der Waals surface area contributed by atoms with Crippen LogP contribution in [0.5, 0.6) is 0 Å². The average molecular weight is 391 g/mol.